The lowest BCUT2D eigenvalue weighted by Crippen LogP contribution is -2.25. The highest BCUT2D eigenvalue weighted by atomic mass is 35.5. The molecule has 0 aliphatic heterocycles. The lowest BCUT2D eigenvalue weighted by molar-refractivity contribution is -0.121. The quantitative estimate of drug-likeness (QED) is 0.577. The number of aryl methyl sites for hydroxylation is 1. The summed E-state index contributed by atoms with van der Waals surface area (Å²) in [4.78, 5) is 26.6. The van der Waals surface area contributed by atoms with Crippen LogP contribution in [0.5, 0.6) is 0 Å². The van der Waals surface area contributed by atoms with Crippen molar-refractivity contribution in [1.29, 1.82) is 0 Å². The van der Waals surface area contributed by atoms with Crippen LogP contribution in [0.2, 0.25) is 5.02 Å². The van der Waals surface area contributed by atoms with Crippen LogP contribution in [-0.4, -0.2) is 28.5 Å². The van der Waals surface area contributed by atoms with Crippen molar-refractivity contribution < 1.29 is 9.21 Å². The van der Waals surface area contributed by atoms with Crippen LogP contribution in [0.3, 0.4) is 0 Å². The molecule has 1 heterocycles. The van der Waals surface area contributed by atoms with Gasteiger partial charge in [-0.2, -0.15) is 0 Å². The third kappa shape index (κ3) is 5.49. The van der Waals surface area contributed by atoms with Crippen molar-refractivity contribution in [3.63, 3.8) is 0 Å². The first-order valence-electron chi connectivity index (χ1n) is 9.86. The van der Waals surface area contributed by atoms with Crippen molar-refractivity contribution in [2.24, 2.45) is 0 Å². The van der Waals surface area contributed by atoms with E-state index in [9.17, 15) is 9.59 Å². The van der Waals surface area contributed by atoms with E-state index in [1.807, 2.05) is 12.1 Å². The summed E-state index contributed by atoms with van der Waals surface area (Å²) in [5, 5.41) is 3.40. The van der Waals surface area contributed by atoms with Crippen molar-refractivity contribution in [2.45, 2.75) is 39.9 Å². The van der Waals surface area contributed by atoms with Gasteiger partial charge in [0.25, 0.3) is 0 Å². The van der Waals surface area contributed by atoms with Gasteiger partial charge in [0.15, 0.2) is 5.58 Å². The normalized spacial score (nSPS) is 11.3. The molecule has 6 nitrogen and oxygen atoms in total. The van der Waals surface area contributed by atoms with Gasteiger partial charge in [-0.3, -0.25) is 14.3 Å². The molecule has 1 aromatic heterocycles. The average molecular weight is 416 g/mol. The smallest absolute Gasteiger partial charge is 0.408 e. The molecule has 0 saturated carbocycles. The predicted octanol–water partition coefficient (Wildman–Crippen LogP) is 3.80. The molecule has 0 aliphatic carbocycles. The molecule has 2 aromatic carbocycles. The van der Waals surface area contributed by atoms with Gasteiger partial charge in [0, 0.05) is 37.1 Å². The number of nitrogens with zero attached hydrogens (tertiary/aromatic N) is 2. The molecule has 29 heavy (non-hydrogen) atoms. The van der Waals surface area contributed by atoms with Gasteiger partial charge in [0.05, 0.1) is 5.52 Å². The molecular weight excluding hydrogens is 390 g/mol. The second kappa shape index (κ2) is 9.76. The maximum absolute atomic E-state index is 12.2. The molecule has 1 N–H and O–H groups in total. The first-order valence-corrected chi connectivity index (χ1v) is 10.2. The number of halogens is 1. The number of aromatic nitrogens is 1. The maximum atomic E-state index is 12.2. The highest BCUT2D eigenvalue weighted by molar-refractivity contribution is 6.31. The molecule has 0 bridgehead atoms. The lowest BCUT2D eigenvalue weighted by atomic mass is 10.1. The monoisotopic (exact) mass is 415 g/mol. The van der Waals surface area contributed by atoms with Crippen LogP contribution in [0.1, 0.15) is 31.4 Å². The van der Waals surface area contributed by atoms with Gasteiger partial charge in [0.2, 0.25) is 5.91 Å². The molecule has 0 fully saturated rings. The van der Waals surface area contributed by atoms with Crippen molar-refractivity contribution >= 4 is 28.6 Å². The minimum absolute atomic E-state index is 0.118. The summed E-state index contributed by atoms with van der Waals surface area (Å²) in [6.45, 7) is 8.00. The van der Waals surface area contributed by atoms with Crippen LogP contribution < -0.4 is 11.1 Å². The fourth-order valence-corrected chi connectivity index (χ4v) is 3.38. The van der Waals surface area contributed by atoms with Crippen LogP contribution in [0.4, 0.5) is 0 Å². The summed E-state index contributed by atoms with van der Waals surface area (Å²) in [5.74, 6) is -0.605. The summed E-state index contributed by atoms with van der Waals surface area (Å²) >= 11 is 5.92. The van der Waals surface area contributed by atoms with Gasteiger partial charge in [-0.1, -0.05) is 49.7 Å². The minimum atomic E-state index is -0.487. The number of hydrogen-bond donors (Lipinski definition) is 1. The lowest BCUT2D eigenvalue weighted by Gasteiger charge is -2.18. The predicted molar refractivity (Wildman–Crippen MR) is 115 cm³/mol. The van der Waals surface area contributed by atoms with E-state index in [-0.39, 0.29) is 18.9 Å². The summed E-state index contributed by atoms with van der Waals surface area (Å²) in [6, 6.07) is 13.3. The number of hydrogen-bond acceptors (Lipinski definition) is 4. The molecule has 0 radical (unpaired) electrons. The highest BCUT2D eigenvalue weighted by Gasteiger charge is 2.11. The zero-order valence-electron chi connectivity index (χ0n) is 16.8. The Kier molecular flexibility index (Phi) is 7.12. The average Bonchev–Trinajstić information content (AvgIpc) is 3.03. The van der Waals surface area contributed by atoms with Crippen LogP contribution in [0.25, 0.3) is 11.1 Å². The second-order valence-corrected chi connectivity index (χ2v) is 7.37. The Balaban J connectivity index is 1.52. The van der Waals surface area contributed by atoms with Crippen molar-refractivity contribution in [1.82, 2.24) is 14.8 Å². The molecule has 3 rings (SSSR count). The summed E-state index contributed by atoms with van der Waals surface area (Å²) in [6.07, 6.45) is 0.192. The Bertz CT molecular complexity index is 1020. The topological polar surface area (TPSA) is 67.5 Å². The number of benzene rings is 2. The summed E-state index contributed by atoms with van der Waals surface area (Å²) in [5.41, 5.74) is 3.36. The van der Waals surface area contributed by atoms with Gasteiger partial charge >= 0.3 is 5.76 Å². The van der Waals surface area contributed by atoms with E-state index in [1.54, 1.807) is 18.2 Å². The Morgan fingerprint density at radius 1 is 1.10 bits per heavy atom. The molecule has 7 heteroatoms. The SMILES string of the molecule is CCN(CC)Cc1ccc(CNC(=O)CCn2c(=O)oc3cc(Cl)ccc32)cc1. The molecular formula is C22H26ClN3O3. The number of amides is 1. The van der Waals surface area contributed by atoms with Gasteiger partial charge in [0.1, 0.15) is 0 Å². The van der Waals surface area contributed by atoms with E-state index in [0.29, 0.717) is 22.7 Å². The van der Waals surface area contributed by atoms with E-state index in [2.05, 4.69) is 36.2 Å². The number of fused-ring (bicyclic) bond motifs is 1. The van der Waals surface area contributed by atoms with E-state index in [0.717, 1.165) is 25.2 Å². The Morgan fingerprint density at radius 3 is 2.48 bits per heavy atom. The van der Waals surface area contributed by atoms with Crippen LogP contribution in [-0.2, 0) is 24.4 Å². The first kappa shape index (κ1) is 21.1. The Morgan fingerprint density at radius 2 is 1.79 bits per heavy atom. The zero-order valence-corrected chi connectivity index (χ0v) is 17.5. The standard InChI is InChI=1S/C22H26ClN3O3/c1-3-25(4-2)15-17-7-5-16(6-8-17)14-24-21(27)11-12-26-19-10-9-18(23)13-20(19)29-22(26)28/h5-10,13H,3-4,11-12,14-15H2,1-2H3,(H,24,27). The van der Waals surface area contributed by atoms with E-state index in [1.165, 1.54) is 10.1 Å². The van der Waals surface area contributed by atoms with Gasteiger partial charge < -0.3 is 9.73 Å². The van der Waals surface area contributed by atoms with Crippen molar-refractivity contribution in [2.75, 3.05) is 13.1 Å². The molecule has 3 aromatic rings. The van der Waals surface area contributed by atoms with E-state index in [4.69, 9.17) is 16.0 Å². The minimum Gasteiger partial charge on any atom is -0.408 e. The molecule has 1 amide bonds. The van der Waals surface area contributed by atoms with E-state index >= 15 is 0 Å². The third-order valence-electron chi connectivity index (χ3n) is 5.01. The Hall–Kier alpha value is -2.57. The van der Waals surface area contributed by atoms with E-state index < -0.39 is 5.76 Å². The molecule has 154 valence electrons. The van der Waals surface area contributed by atoms with Gasteiger partial charge in [-0.25, -0.2) is 4.79 Å². The maximum Gasteiger partial charge on any atom is 0.419 e. The Labute approximate surface area is 175 Å². The molecule has 0 saturated heterocycles. The summed E-state index contributed by atoms with van der Waals surface area (Å²) in [7, 11) is 0. The number of rotatable bonds is 9. The highest BCUT2D eigenvalue weighted by Crippen LogP contribution is 2.18. The fourth-order valence-electron chi connectivity index (χ4n) is 3.22. The molecule has 0 spiro atoms. The molecule has 0 atom stereocenters. The molecule has 0 aliphatic rings. The van der Waals surface area contributed by atoms with Crippen LogP contribution >= 0.6 is 11.6 Å². The number of carbonyl (C=O) groups excluding carboxylic acids is 1. The number of nitrogens with one attached hydrogen (secondary N) is 1. The summed E-state index contributed by atoms with van der Waals surface area (Å²) < 4.78 is 6.64. The molecule has 0 unspecified atom stereocenters. The fraction of sp³-hybridized carbons (Fsp3) is 0.364. The van der Waals surface area contributed by atoms with Crippen LogP contribution in [0.15, 0.2) is 51.7 Å². The number of carbonyl (C=O) groups is 1. The van der Waals surface area contributed by atoms with Gasteiger partial charge in [-0.15, -0.1) is 0 Å². The first-order chi connectivity index (χ1) is 14.0. The van der Waals surface area contributed by atoms with Gasteiger partial charge in [-0.05, 0) is 36.3 Å². The van der Waals surface area contributed by atoms with Crippen LogP contribution in [0, 0.1) is 0 Å². The third-order valence-corrected chi connectivity index (χ3v) is 5.24. The second-order valence-electron chi connectivity index (χ2n) is 6.94. The zero-order chi connectivity index (χ0) is 20.8. The van der Waals surface area contributed by atoms with Crippen molar-refractivity contribution in [3.8, 4) is 0 Å². The number of oxazole rings is 1. The largest absolute Gasteiger partial charge is 0.419 e. The van der Waals surface area contributed by atoms with Crippen molar-refractivity contribution in [3.05, 3.63) is 69.2 Å².